The highest BCUT2D eigenvalue weighted by atomic mass is 31.1. The molecule has 0 N–H and O–H groups in total. The van der Waals surface area contributed by atoms with E-state index in [0.29, 0.717) is 0 Å². The Morgan fingerprint density at radius 3 is 1.38 bits per heavy atom. The SMILES string of the molecule is CCCN(CCC)P(c1ccccc1)N(CCC)CCC. The molecule has 1 aromatic carbocycles. The molecule has 0 heterocycles. The monoisotopic (exact) mass is 308 g/mol. The molecule has 0 aliphatic carbocycles. The van der Waals surface area contributed by atoms with Crippen molar-refractivity contribution < 1.29 is 0 Å². The van der Waals surface area contributed by atoms with Crippen LogP contribution in [0.25, 0.3) is 0 Å². The maximum absolute atomic E-state index is 2.73. The Morgan fingerprint density at radius 2 is 1.05 bits per heavy atom. The van der Waals surface area contributed by atoms with Crippen LogP contribution in [0.1, 0.15) is 53.4 Å². The van der Waals surface area contributed by atoms with Gasteiger partial charge in [-0.1, -0.05) is 58.0 Å². The van der Waals surface area contributed by atoms with E-state index in [-0.39, 0.29) is 8.22 Å². The topological polar surface area (TPSA) is 6.48 Å². The predicted octanol–water partition coefficient (Wildman–Crippen LogP) is 4.87. The van der Waals surface area contributed by atoms with Crippen molar-refractivity contribution in [2.24, 2.45) is 0 Å². The molecule has 0 aromatic heterocycles. The third-order valence-electron chi connectivity index (χ3n) is 3.45. The summed E-state index contributed by atoms with van der Waals surface area (Å²) in [4.78, 5) is 0. The molecule has 0 fully saturated rings. The highest BCUT2D eigenvalue weighted by Gasteiger charge is 2.25. The lowest BCUT2D eigenvalue weighted by Crippen LogP contribution is -2.35. The van der Waals surface area contributed by atoms with E-state index in [0.717, 1.165) is 0 Å². The van der Waals surface area contributed by atoms with Gasteiger partial charge in [-0.15, -0.1) is 0 Å². The second-order valence-electron chi connectivity index (χ2n) is 5.53. The molecular weight excluding hydrogens is 275 g/mol. The van der Waals surface area contributed by atoms with E-state index in [9.17, 15) is 0 Å². The number of rotatable bonds is 11. The minimum absolute atomic E-state index is 0.340. The quantitative estimate of drug-likeness (QED) is 0.538. The van der Waals surface area contributed by atoms with Crippen molar-refractivity contribution in [1.29, 1.82) is 0 Å². The molecule has 1 rings (SSSR count). The summed E-state index contributed by atoms with van der Waals surface area (Å²) in [5.74, 6) is 0. The van der Waals surface area contributed by atoms with Gasteiger partial charge in [0.2, 0.25) is 0 Å². The number of hydrogen-bond acceptors (Lipinski definition) is 2. The average molecular weight is 308 g/mol. The maximum Gasteiger partial charge on any atom is 0.0724 e. The van der Waals surface area contributed by atoms with E-state index >= 15 is 0 Å². The zero-order chi connectivity index (χ0) is 15.5. The fourth-order valence-electron chi connectivity index (χ4n) is 2.70. The van der Waals surface area contributed by atoms with Gasteiger partial charge in [-0.2, -0.15) is 0 Å². The fraction of sp³-hybridized carbons (Fsp3) is 0.667. The molecule has 0 spiro atoms. The van der Waals surface area contributed by atoms with Crippen LogP contribution in [0.2, 0.25) is 0 Å². The van der Waals surface area contributed by atoms with Crippen molar-refractivity contribution in [3.8, 4) is 0 Å². The number of benzene rings is 1. The van der Waals surface area contributed by atoms with Gasteiger partial charge < -0.3 is 0 Å². The van der Waals surface area contributed by atoms with Gasteiger partial charge in [0.25, 0.3) is 0 Å². The highest BCUT2D eigenvalue weighted by molar-refractivity contribution is 7.61. The minimum atomic E-state index is -0.340. The van der Waals surface area contributed by atoms with Gasteiger partial charge >= 0.3 is 0 Å². The van der Waals surface area contributed by atoms with Gasteiger partial charge in [0.1, 0.15) is 0 Å². The smallest absolute Gasteiger partial charge is 0.0724 e. The summed E-state index contributed by atoms with van der Waals surface area (Å²) in [5, 5.41) is 1.51. The fourth-order valence-corrected chi connectivity index (χ4v) is 5.71. The van der Waals surface area contributed by atoms with Crippen LogP contribution >= 0.6 is 8.22 Å². The molecule has 0 aliphatic heterocycles. The van der Waals surface area contributed by atoms with E-state index in [1.807, 2.05) is 0 Å². The lowest BCUT2D eigenvalue weighted by atomic mass is 10.4. The molecule has 2 nitrogen and oxygen atoms in total. The first-order valence-corrected chi connectivity index (χ1v) is 9.87. The lowest BCUT2D eigenvalue weighted by Gasteiger charge is -2.39. The first-order valence-electron chi connectivity index (χ1n) is 8.63. The van der Waals surface area contributed by atoms with Gasteiger partial charge in [-0.25, -0.2) is 0 Å². The number of hydrogen-bond donors (Lipinski definition) is 0. The van der Waals surface area contributed by atoms with E-state index < -0.39 is 0 Å². The molecule has 0 amide bonds. The van der Waals surface area contributed by atoms with Crippen LogP contribution in [-0.4, -0.2) is 35.5 Å². The van der Waals surface area contributed by atoms with Crippen LogP contribution in [0.3, 0.4) is 0 Å². The summed E-state index contributed by atoms with van der Waals surface area (Å²) in [5.41, 5.74) is 0. The van der Waals surface area contributed by atoms with Crippen molar-refractivity contribution >= 4 is 13.5 Å². The van der Waals surface area contributed by atoms with Gasteiger partial charge in [-0.05, 0) is 25.7 Å². The molecule has 0 aliphatic rings. The second-order valence-corrected chi connectivity index (χ2v) is 7.76. The minimum Gasteiger partial charge on any atom is -0.266 e. The van der Waals surface area contributed by atoms with Crippen molar-refractivity contribution in [1.82, 2.24) is 9.34 Å². The van der Waals surface area contributed by atoms with Gasteiger partial charge in [0, 0.05) is 31.5 Å². The van der Waals surface area contributed by atoms with E-state index in [2.05, 4.69) is 67.4 Å². The molecule has 0 atom stereocenters. The van der Waals surface area contributed by atoms with Crippen LogP contribution in [0, 0.1) is 0 Å². The Balaban J connectivity index is 3.06. The summed E-state index contributed by atoms with van der Waals surface area (Å²) >= 11 is 0. The van der Waals surface area contributed by atoms with Gasteiger partial charge in [0.15, 0.2) is 0 Å². The Morgan fingerprint density at radius 1 is 0.667 bits per heavy atom. The van der Waals surface area contributed by atoms with Gasteiger partial charge in [-0.3, -0.25) is 9.34 Å². The van der Waals surface area contributed by atoms with E-state index in [4.69, 9.17) is 0 Å². The van der Waals surface area contributed by atoms with Crippen LogP contribution in [0.5, 0.6) is 0 Å². The van der Waals surface area contributed by atoms with Gasteiger partial charge in [0.05, 0.1) is 8.22 Å². The van der Waals surface area contributed by atoms with Crippen LogP contribution in [-0.2, 0) is 0 Å². The third kappa shape index (κ3) is 6.06. The standard InChI is InChI=1S/C18H33N2P/c1-5-14-19(15-6-2)21(18-12-10-9-11-13-18)20(16-7-3)17-8-4/h9-13H,5-8,14-17H2,1-4H3. The Kier molecular flexibility index (Phi) is 9.91. The Labute approximate surface area is 133 Å². The first kappa shape index (κ1) is 18.6. The maximum atomic E-state index is 2.73. The van der Waals surface area contributed by atoms with E-state index in [1.54, 1.807) is 0 Å². The summed E-state index contributed by atoms with van der Waals surface area (Å²) in [6.07, 6.45) is 4.94. The van der Waals surface area contributed by atoms with Crippen molar-refractivity contribution in [2.45, 2.75) is 53.4 Å². The zero-order valence-electron chi connectivity index (χ0n) is 14.4. The third-order valence-corrected chi connectivity index (χ3v) is 6.08. The molecule has 1 aromatic rings. The molecule has 0 radical (unpaired) electrons. The summed E-state index contributed by atoms with van der Waals surface area (Å²) in [6.45, 7) is 14.0. The molecule has 3 heteroatoms. The summed E-state index contributed by atoms with van der Waals surface area (Å²) in [7, 11) is -0.340. The highest BCUT2D eigenvalue weighted by Crippen LogP contribution is 2.43. The normalized spacial score (nSPS) is 11.8. The molecule has 0 bridgehead atoms. The molecule has 0 saturated carbocycles. The van der Waals surface area contributed by atoms with Crippen LogP contribution in [0.4, 0.5) is 0 Å². The lowest BCUT2D eigenvalue weighted by molar-refractivity contribution is 0.384. The van der Waals surface area contributed by atoms with E-state index in [1.165, 1.54) is 57.2 Å². The molecule has 0 saturated heterocycles. The molecule has 21 heavy (non-hydrogen) atoms. The predicted molar refractivity (Wildman–Crippen MR) is 97.3 cm³/mol. The second kappa shape index (κ2) is 11.2. The number of nitrogens with zero attached hydrogens (tertiary/aromatic N) is 2. The Bertz CT molecular complexity index is 327. The largest absolute Gasteiger partial charge is 0.266 e. The molecule has 120 valence electrons. The van der Waals surface area contributed by atoms with Crippen molar-refractivity contribution in [3.05, 3.63) is 30.3 Å². The van der Waals surface area contributed by atoms with Crippen LogP contribution in [0.15, 0.2) is 30.3 Å². The van der Waals surface area contributed by atoms with Crippen molar-refractivity contribution in [2.75, 3.05) is 26.2 Å². The van der Waals surface area contributed by atoms with Crippen LogP contribution < -0.4 is 5.30 Å². The summed E-state index contributed by atoms with van der Waals surface area (Å²) in [6, 6.07) is 11.2. The zero-order valence-corrected chi connectivity index (χ0v) is 15.3. The summed E-state index contributed by atoms with van der Waals surface area (Å²) < 4.78 is 5.46. The molecule has 0 unspecified atom stereocenters. The average Bonchev–Trinajstić information content (AvgIpc) is 2.49. The van der Waals surface area contributed by atoms with Crippen molar-refractivity contribution in [3.63, 3.8) is 0 Å². The Hall–Kier alpha value is -0.430. The first-order chi connectivity index (χ1) is 10.3. The molecular formula is C18H33N2P.